The van der Waals surface area contributed by atoms with E-state index in [1.807, 2.05) is 91.9 Å². The van der Waals surface area contributed by atoms with Crippen molar-refractivity contribution in [1.29, 1.82) is 0 Å². The Morgan fingerprint density at radius 1 is 0.538 bits per heavy atom. The third kappa shape index (κ3) is 14.8. The summed E-state index contributed by atoms with van der Waals surface area (Å²) in [7, 11) is 4.99. The lowest BCUT2D eigenvalue weighted by Crippen LogP contribution is -2.37. The lowest BCUT2D eigenvalue weighted by Gasteiger charge is -2.30. The highest BCUT2D eigenvalue weighted by Crippen LogP contribution is 2.23. The summed E-state index contributed by atoms with van der Waals surface area (Å²) < 4.78 is 33.7. The smallest absolute Gasteiger partial charge is 0.118 e. The molecule has 0 unspecified atom stereocenters. The van der Waals surface area contributed by atoms with Crippen molar-refractivity contribution >= 4 is 0 Å². The second kappa shape index (κ2) is 24.1. The molecule has 0 aliphatic heterocycles. The number of benzene rings is 4. The number of rotatable bonds is 22. The van der Waals surface area contributed by atoms with Crippen LogP contribution in [-0.4, -0.2) is 64.1 Å². The van der Waals surface area contributed by atoms with E-state index in [4.69, 9.17) is 28.4 Å². The summed E-state index contributed by atoms with van der Waals surface area (Å²) in [5, 5.41) is 10.6. The quantitative estimate of drug-likeness (QED) is 0.0646. The van der Waals surface area contributed by atoms with Gasteiger partial charge in [0.15, 0.2) is 0 Å². The van der Waals surface area contributed by atoms with E-state index < -0.39 is 6.10 Å². The highest BCUT2D eigenvalue weighted by atomic mass is 16.6. The van der Waals surface area contributed by atoms with Crippen LogP contribution in [0, 0.1) is 11.8 Å². The van der Waals surface area contributed by atoms with Gasteiger partial charge in [-0.25, -0.2) is 0 Å². The lowest BCUT2D eigenvalue weighted by atomic mass is 9.91. The Bertz CT molecular complexity index is 1510. The van der Waals surface area contributed by atoms with E-state index in [0.29, 0.717) is 26.4 Å². The third-order valence-corrected chi connectivity index (χ3v) is 8.98. The van der Waals surface area contributed by atoms with Crippen LogP contribution in [0.25, 0.3) is 0 Å². The van der Waals surface area contributed by atoms with Gasteiger partial charge in [-0.3, -0.25) is 0 Å². The molecule has 0 aliphatic rings. The van der Waals surface area contributed by atoms with Crippen molar-refractivity contribution in [2.24, 2.45) is 11.8 Å². The number of hydrogen-bond donors (Lipinski definition) is 1. The lowest BCUT2D eigenvalue weighted by molar-refractivity contribution is -0.0958. The third-order valence-electron chi connectivity index (χ3n) is 8.98. The molecule has 0 heterocycles. The first-order valence-corrected chi connectivity index (χ1v) is 17.9. The zero-order valence-corrected chi connectivity index (χ0v) is 31.6. The van der Waals surface area contributed by atoms with Crippen LogP contribution in [0.1, 0.15) is 36.1 Å². The molecule has 0 fully saturated rings. The standard InChI is InChI=1S/C24H32O4.C21H26O3/c1-5-22(17-20-9-7-6-8-10-20)24(27-16-15-25-3)19(2)28-18-21-11-13-23(26-4)14-12-21;1-4-19(14-17-8-6-5-7-9-17)21(22)16(2)24-15-18-10-12-20(23-3)13-11-18/h5-14,19,22,24H,1,15-18H2,2-4H3;4-13,16,19,21-22H,1,14-15H2,2-3H3/t19-,22+,24-;16-,19+,21-/m00/s1. The van der Waals surface area contributed by atoms with Crippen LogP contribution >= 0.6 is 0 Å². The molecule has 280 valence electrons. The molecule has 0 bridgehead atoms. The van der Waals surface area contributed by atoms with Crippen molar-refractivity contribution in [3.05, 3.63) is 157 Å². The number of methoxy groups -OCH3 is 3. The topological polar surface area (TPSA) is 75.6 Å². The number of aliphatic hydroxyl groups excluding tert-OH is 1. The van der Waals surface area contributed by atoms with Crippen molar-refractivity contribution in [3.8, 4) is 11.5 Å². The molecule has 0 aliphatic carbocycles. The molecule has 52 heavy (non-hydrogen) atoms. The molecule has 0 saturated heterocycles. The highest BCUT2D eigenvalue weighted by molar-refractivity contribution is 5.27. The first kappa shape index (κ1) is 42.2. The van der Waals surface area contributed by atoms with Gasteiger partial charge in [-0.05, 0) is 73.2 Å². The van der Waals surface area contributed by atoms with Crippen LogP contribution in [0.5, 0.6) is 11.5 Å². The summed E-state index contributed by atoms with van der Waals surface area (Å²) in [6.07, 6.45) is 4.32. The van der Waals surface area contributed by atoms with Crippen molar-refractivity contribution in [3.63, 3.8) is 0 Å². The first-order valence-electron chi connectivity index (χ1n) is 17.9. The van der Waals surface area contributed by atoms with Crippen LogP contribution in [0.15, 0.2) is 135 Å². The minimum atomic E-state index is -0.596. The minimum Gasteiger partial charge on any atom is -0.497 e. The molecule has 7 nitrogen and oxygen atoms in total. The second-order valence-electron chi connectivity index (χ2n) is 12.7. The average Bonchev–Trinajstić information content (AvgIpc) is 3.20. The van der Waals surface area contributed by atoms with Gasteiger partial charge in [-0.1, -0.05) is 97.1 Å². The van der Waals surface area contributed by atoms with E-state index in [-0.39, 0.29) is 30.1 Å². The van der Waals surface area contributed by atoms with Crippen LogP contribution in [0.2, 0.25) is 0 Å². The fourth-order valence-electron chi connectivity index (χ4n) is 5.76. The van der Waals surface area contributed by atoms with Gasteiger partial charge in [0.25, 0.3) is 0 Å². The molecule has 7 heteroatoms. The molecule has 1 N–H and O–H groups in total. The molecule has 0 radical (unpaired) electrons. The van der Waals surface area contributed by atoms with Gasteiger partial charge in [-0.15, -0.1) is 13.2 Å². The second-order valence-corrected chi connectivity index (χ2v) is 12.7. The predicted molar refractivity (Wildman–Crippen MR) is 210 cm³/mol. The van der Waals surface area contributed by atoms with Gasteiger partial charge in [-0.2, -0.15) is 0 Å². The molecular weight excluding hydrogens is 652 g/mol. The zero-order chi connectivity index (χ0) is 37.6. The van der Waals surface area contributed by atoms with Gasteiger partial charge >= 0.3 is 0 Å². The first-order chi connectivity index (χ1) is 25.3. The summed E-state index contributed by atoms with van der Waals surface area (Å²) in [6, 6.07) is 36.2. The maximum Gasteiger partial charge on any atom is 0.118 e. The predicted octanol–water partition coefficient (Wildman–Crippen LogP) is 8.68. The monoisotopic (exact) mass is 710 g/mol. The maximum atomic E-state index is 10.6. The summed E-state index contributed by atoms with van der Waals surface area (Å²) in [5.74, 6) is 1.76. The molecule has 4 rings (SSSR count). The molecule has 6 atom stereocenters. The van der Waals surface area contributed by atoms with Gasteiger partial charge in [0.2, 0.25) is 0 Å². The van der Waals surface area contributed by atoms with Crippen LogP contribution in [0.4, 0.5) is 0 Å². The van der Waals surface area contributed by atoms with Gasteiger partial charge in [0.1, 0.15) is 11.5 Å². The Morgan fingerprint density at radius 3 is 1.40 bits per heavy atom. The summed E-state index contributed by atoms with van der Waals surface area (Å²) in [5.41, 5.74) is 4.59. The number of ether oxygens (including phenoxy) is 6. The fourth-order valence-corrected chi connectivity index (χ4v) is 5.76. The summed E-state index contributed by atoms with van der Waals surface area (Å²) >= 11 is 0. The van der Waals surface area contributed by atoms with E-state index in [2.05, 4.69) is 56.5 Å². The van der Waals surface area contributed by atoms with Crippen LogP contribution in [-0.2, 0) is 45.0 Å². The van der Waals surface area contributed by atoms with Crippen molar-refractivity contribution in [1.82, 2.24) is 0 Å². The fraction of sp³-hybridized carbons (Fsp3) is 0.378. The minimum absolute atomic E-state index is 0.0433. The van der Waals surface area contributed by atoms with E-state index in [9.17, 15) is 5.11 Å². The largest absolute Gasteiger partial charge is 0.497 e. The Morgan fingerprint density at radius 2 is 0.981 bits per heavy atom. The number of aliphatic hydroxyl groups is 1. The zero-order valence-electron chi connectivity index (χ0n) is 31.6. The van der Waals surface area contributed by atoms with Crippen LogP contribution in [0.3, 0.4) is 0 Å². The van der Waals surface area contributed by atoms with E-state index in [0.717, 1.165) is 35.5 Å². The van der Waals surface area contributed by atoms with Gasteiger partial charge < -0.3 is 33.5 Å². The Kier molecular flexibility index (Phi) is 19.5. The molecule has 4 aromatic rings. The Hall–Kier alpha value is -4.24. The highest BCUT2D eigenvalue weighted by Gasteiger charge is 2.27. The molecular formula is C45H58O7. The molecule has 0 aromatic heterocycles. The number of hydrogen-bond acceptors (Lipinski definition) is 7. The SMILES string of the molecule is C=C[C@H](Cc1ccccc1)[C@@H](O)[C@H](C)OCc1ccc(OC)cc1.C=C[C@H](Cc1ccccc1)[C@@H](OCCOC)[C@H](C)OCc1ccc(OC)cc1. The normalized spacial score (nSPS) is 14.4. The van der Waals surface area contributed by atoms with Crippen molar-refractivity contribution in [2.75, 3.05) is 34.5 Å². The molecule has 0 saturated carbocycles. The van der Waals surface area contributed by atoms with Crippen LogP contribution < -0.4 is 9.47 Å². The summed E-state index contributed by atoms with van der Waals surface area (Å²) in [4.78, 5) is 0. The summed E-state index contributed by atoms with van der Waals surface area (Å²) in [6.45, 7) is 13.9. The average molecular weight is 711 g/mol. The van der Waals surface area contributed by atoms with E-state index >= 15 is 0 Å². The Balaban J connectivity index is 0.000000284. The van der Waals surface area contributed by atoms with E-state index in [1.165, 1.54) is 11.1 Å². The Labute approximate surface area is 311 Å². The van der Waals surface area contributed by atoms with Crippen molar-refractivity contribution in [2.45, 2.75) is 64.3 Å². The van der Waals surface area contributed by atoms with Gasteiger partial charge in [0, 0.05) is 18.9 Å². The molecule has 0 spiro atoms. The molecule has 0 amide bonds. The van der Waals surface area contributed by atoms with Crippen molar-refractivity contribution < 1.29 is 33.5 Å². The van der Waals surface area contributed by atoms with Gasteiger partial charge in [0.05, 0.1) is 65.1 Å². The van der Waals surface area contributed by atoms with E-state index in [1.54, 1.807) is 21.3 Å². The molecule has 4 aromatic carbocycles. The maximum absolute atomic E-state index is 10.6.